The van der Waals surface area contributed by atoms with Gasteiger partial charge in [0.1, 0.15) is 11.6 Å². The fraction of sp³-hybridized carbons (Fsp3) is 0.684. The average molecular weight is 374 g/mol. The van der Waals surface area contributed by atoms with E-state index in [1.807, 2.05) is 4.90 Å². The number of rotatable bonds is 4. The van der Waals surface area contributed by atoms with Crippen LogP contribution >= 0.6 is 0 Å². The highest BCUT2D eigenvalue weighted by Gasteiger charge is 2.31. The van der Waals surface area contributed by atoms with Crippen LogP contribution in [0.1, 0.15) is 32.6 Å². The molecule has 1 heterocycles. The van der Waals surface area contributed by atoms with E-state index in [1.54, 1.807) is 0 Å². The van der Waals surface area contributed by atoms with Gasteiger partial charge in [0, 0.05) is 38.3 Å². The molecular formula is C19H26F4N2O. The zero-order valence-corrected chi connectivity index (χ0v) is 15.1. The van der Waals surface area contributed by atoms with Gasteiger partial charge in [-0.2, -0.15) is 13.2 Å². The predicted octanol–water partition coefficient (Wildman–Crippen LogP) is 4.47. The molecule has 146 valence electrons. The molecule has 0 radical (unpaired) electrons. The Labute approximate surface area is 151 Å². The fourth-order valence-corrected chi connectivity index (χ4v) is 3.95. The van der Waals surface area contributed by atoms with Crippen LogP contribution in [0.4, 0.5) is 23.2 Å². The summed E-state index contributed by atoms with van der Waals surface area (Å²) < 4.78 is 56.0. The zero-order valence-electron chi connectivity index (χ0n) is 15.1. The second-order valence-electron chi connectivity index (χ2n) is 7.45. The first-order valence-corrected chi connectivity index (χ1v) is 9.30. The first kappa shape index (κ1) is 19.3. The lowest BCUT2D eigenvalue weighted by molar-refractivity contribution is -0.153. The summed E-state index contributed by atoms with van der Waals surface area (Å²) >= 11 is 0. The molecule has 0 atom stereocenters. The average Bonchev–Trinajstić information content (AvgIpc) is 2.61. The highest BCUT2D eigenvalue weighted by molar-refractivity contribution is 5.59. The number of alkyl halides is 3. The van der Waals surface area contributed by atoms with Crippen molar-refractivity contribution < 1.29 is 22.3 Å². The second-order valence-corrected chi connectivity index (χ2v) is 7.45. The molecule has 1 aliphatic carbocycles. The molecule has 26 heavy (non-hydrogen) atoms. The number of benzene rings is 1. The molecule has 1 aliphatic heterocycles. The molecule has 0 amide bonds. The maximum Gasteiger partial charge on any atom is 0.422 e. The summed E-state index contributed by atoms with van der Waals surface area (Å²) in [6.45, 7) is 3.94. The third-order valence-corrected chi connectivity index (χ3v) is 5.47. The van der Waals surface area contributed by atoms with Crippen LogP contribution in [0.3, 0.4) is 0 Å². The Balaban J connectivity index is 1.62. The summed E-state index contributed by atoms with van der Waals surface area (Å²) in [5.41, 5.74) is 0.408. The smallest absolute Gasteiger partial charge is 0.422 e. The Kier molecular flexibility index (Phi) is 5.95. The maximum absolute atomic E-state index is 13.7. The van der Waals surface area contributed by atoms with E-state index >= 15 is 0 Å². The molecule has 3 nitrogen and oxygen atoms in total. The summed E-state index contributed by atoms with van der Waals surface area (Å²) in [5.74, 6) is 0.417. The van der Waals surface area contributed by atoms with Crippen LogP contribution in [0.2, 0.25) is 0 Å². The highest BCUT2D eigenvalue weighted by atomic mass is 19.4. The van der Waals surface area contributed by atoms with Crippen molar-refractivity contribution in [2.75, 3.05) is 37.7 Å². The van der Waals surface area contributed by atoms with Crippen LogP contribution in [-0.4, -0.2) is 49.9 Å². The van der Waals surface area contributed by atoms with Gasteiger partial charge in [0.15, 0.2) is 6.61 Å². The van der Waals surface area contributed by atoms with E-state index in [0.717, 1.165) is 25.1 Å². The van der Waals surface area contributed by atoms with E-state index in [1.165, 1.54) is 37.8 Å². The minimum absolute atomic E-state index is 0.0867. The van der Waals surface area contributed by atoms with Crippen molar-refractivity contribution in [3.63, 3.8) is 0 Å². The quantitative estimate of drug-likeness (QED) is 0.724. The van der Waals surface area contributed by atoms with Gasteiger partial charge in [0.05, 0.1) is 5.69 Å². The van der Waals surface area contributed by atoms with Gasteiger partial charge in [-0.15, -0.1) is 0 Å². The molecule has 7 heteroatoms. The predicted molar refractivity (Wildman–Crippen MR) is 93.2 cm³/mol. The lowest BCUT2D eigenvalue weighted by Crippen LogP contribution is -2.51. The standard InChI is InChI=1S/C19H26F4N2O/c1-14-2-5-16(6-3-14)24-8-10-25(11-9-24)17-12-15(20)4-7-18(17)26-13-19(21,22)23/h4,7,12,14,16H,2-3,5-6,8-11,13H2,1H3. The van der Waals surface area contributed by atoms with Crippen LogP contribution in [0.15, 0.2) is 18.2 Å². The third-order valence-electron chi connectivity index (χ3n) is 5.47. The molecule has 3 rings (SSSR count). The van der Waals surface area contributed by atoms with Crippen molar-refractivity contribution in [2.24, 2.45) is 5.92 Å². The van der Waals surface area contributed by atoms with Crippen LogP contribution < -0.4 is 9.64 Å². The monoisotopic (exact) mass is 374 g/mol. The molecule has 1 aromatic carbocycles. The van der Waals surface area contributed by atoms with E-state index in [9.17, 15) is 17.6 Å². The Morgan fingerprint density at radius 3 is 2.31 bits per heavy atom. The number of ether oxygens (including phenoxy) is 1. The Hall–Kier alpha value is -1.50. The van der Waals surface area contributed by atoms with Gasteiger partial charge in [-0.05, 0) is 43.7 Å². The van der Waals surface area contributed by atoms with E-state index < -0.39 is 18.6 Å². The first-order chi connectivity index (χ1) is 12.3. The first-order valence-electron chi connectivity index (χ1n) is 9.30. The molecule has 2 aliphatic rings. The molecule has 0 aromatic heterocycles. The fourth-order valence-electron chi connectivity index (χ4n) is 3.95. The molecular weight excluding hydrogens is 348 g/mol. The van der Waals surface area contributed by atoms with E-state index in [-0.39, 0.29) is 5.75 Å². The summed E-state index contributed by atoms with van der Waals surface area (Å²) in [7, 11) is 0. The summed E-state index contributed by atoms with van der Waals surface area (Å²) in [6, 6.07) is 4.28. The number of hydrogen-bond donors (Lipinski definition) is 0. The van der Waals surface area contributed by atoms with E-state index in [0.29, 0.717) is 24.8 Å². The molecule has 0 bridgehead atoms. The molecule has 0 unspecified atom stereocenters. The van der Waals surface area contributed by atoms with Gasteiger partial charge < -0.3 is 9.64 Å². The Morgan fingerprint density at radius 1 is 1.04 bits per heavy atom. The van der Waals surface area contributed by atoms with E-state index in [2.05, 4.69) is 11.8 Å². The molecule has 0 spiro atoms. The van der Waals surface area contributed by atoms with Crippen LogP contribution in [-0.2, 0) is 0 Å². The van der Waals surface area contributed by atoms with E-state index in [4.69, 9.17) is 4.74 Å². The van der Waals surface area contributed by atoms with Crippen molar-refractivity contribution >= 4 is 5.69 Å². The highest BCUT2D eigenvalue weighted by Crippen LogP contribution is 2.33. The van der Waals surface area contributed by atoms with Gasteiger partial charge in [-0.25, -0.2) is 4.39 Å². The maximum atomic E-state index is 13.7. The van der Waals surface area contributed by atoms with Crippen molar-refractivity contribution in [2.45, 2.75) is 44.8 Å². The number of anilines is 1. The van der Waals surface area contributed by atoms with Gasteiger partial charge >= 0.3 is 6.18 Å². The van der Waals surface area contributed by atoms with Crippen molar-refractivity contribution in [3.8, 4) is 5.75 Å². The molecule has 2 fully saturated rings. The van der Waals surface area contributed by atoms with Crippen LogP contribution in [0.5, 0.6) is 5.75 Å². The largest absolute Gasteiger partial charge is 0.482 e. The summed E-state index contributed by atoms with van der Waals surface area (Å²) in [5, 5.41) is 0. The lowest BCUT2D eigenvalue weighted by atomic mass is 9.86. The number of nitrogens with zero attached hydrogens (tertiary/aromatic N) is 2. The second kappa shape index (κ2) is 8.03. The number of hydrogen-bond acceptors (Lipinski definition) is 3. The molecule has 1 saturated carbocycles. The Morgan fingerprint density at radius 2 is 1.69 bits per heavy atom. The van der Waals surface area contributed by atoms with Crippen molar-refractivity contribution in [1.82, 2.24) is 4.90 Å². The third kappa shape index (κ3) is 5.02. The van der Waals surface area contributed by atoms with Gasteiger partial charge in [-0.1, -0.05) is 6.92 Å². The summed E-state index contributed by atoms with van der Waals surface area (Å²) in [4.78, 5) is 4.40. The SMILES string of the molecule is CC1CCC(N2CCN(c3cc(F)ccc3OCC(F)(F)F)CC2)CC1. The topological polar surface area (TPSA) is 15.7 Å². The lowest BCUT2D eigenvalue weighted by Gasteiger charge is -2.42. The molecule has 1 saturated heterocycles. The molecule has 0 N–H and O–H groups in total. The van der Waals surface area contributed by atoms with Gasteiger partial charge in [-0.3, -0.25) is 4.90 Å². The number of piperazine rings is 1. The number of halogens is 4. The van der Waals surface area contributed by atoms with Crippen LogP contribution in [0, 0.1) is 11.7 Å². The normalized spacial score (nSPS) is 25.3. The van der Waals surface area contributed by atoms with Crippen LogP contribution in [0.25, 0.3) is 0 Å². The summed E-state index contributed by atoms with van der Waals surface area (Å²) in [6.07, 6.45) is 0.513. The van der Waals surface area contributed by atoms with Gasteiger partial charge in [0.25, 0.3) is 0 Å². The Bertz CT molecular complexity index is 592. The van der Waals surface area contributed by atoms with Crippen molar-refractivity contribution in [3.05, 3.63) is 24.0 Å². The van der Waals surface area contributed by atoms with Gasteiger partial charge in [0.2, 0.25) is 0 Å². The minimum Gasteiger partial charge on any atom is -0.482 e. The van der Waals surface area contributed by atoms with Crippen molar-refractivity contribution in [1.29, 1.82) is 0 Å². The molecule has 1 aromatic rings. The zero-order chi connectivity index (χ0) is 18.7. The minimum atomic E-state index is -4.41.